The van der Waals surface area contributed by atoms with Crippen LogP contribution in [0, 0.1) is 0 Å². The van der Waals surface area contributed by atoms with Gasteiger partial charge in [0.25, 0.3) is 0 Å². The normalized spacial score (nSPS) is 10.5. The van der Waals surface area contributed by atoms with Crippen LogP contribution in [-0.4, -0.2) is 25.5 Å². The number of fused-ring (bicyclic) bond motifs is 1. The molecule has 3 rings (SSSR count). The summed E-state index contributed by atoms with van der Waals surface area (Å²) < 4.78 is 15.0. The van der Waals surface area contributed by atoms with Crippen LogP contribution in [0.2, 0.25) is 5.02 Å². The lowest BCUT2D eigenvalue weighted by molar-refractivity contribution is 0.0470. The lowest BCUT2D eigenvalue weighted by Crippen LogP contribution is -2.20. The van der Waals surface area contributed by atoms with Crippen molar-refractivity contribution in [1.82, 2.24) is 0 Å². The average molecular weight is 373 g/mol. The van der Waals surface area contributed by atoms with Crippen molar-refractivity contribution in [2.75, 3.05) is 13.7 Å². The van der Waals surface area contributed by atoms with Crippen molar-refractivity contribution in [1.29, 1.82) is 0 Å². The number of hydrogen-bond donors (Lipinski definition) is 0. The number of halogens is 1. The second kappa shape index (κ2) is 7.41. The molecule has 0 spiro atoms. The predicted octanol–water partition coefficient (Wildman–Crippen LogP) is 3.49. The molecule has 1 aromatic heterocycles. The summed E-state index contributed by atoms with van der Waals surface area (Å²) in [6.45, 7) is -0.534. The Hall–Kier alpha value is -3.12. The number of ketones is 1. The van der Waals surface area contributed by atoms with Crippen LogP contribution in [0.5, 0.6) is 5.75 Å². The zero-order valence-corrected chi connectivity index (χ0v) is 14.4. The SMILES string of the molecule is COc1ccc(C(=O)COC(=O)c2cc3ccccc3oc2=O)cc1Cl. The molecule has 0 atom stereocenters. The minimum atomic E-state index is -0.933. The molecular weight excluding hydrogens is 360 g/mol. The van der Waals surface area contributed by atoms with Gasteiger partial charge in [-0.25, -0.2) is 9.59 Å². The summed E-state index contributed by atoms with van der Waals surface area (Å²) in [6, 6.07) is 12.6. The van der Waals surface area contributed by atoms with E-state index in [9.17, 15) is 14.4 Å². The minimum absolute atomic E-state index is 0.258. The summed E-state index contributed by atoms with van der Waals surface area (Å²) in [4.78, 5) is 36.2. The van der Waals surface area contributed by atoms with Gasteiger partial charge >= 0.3 is 11.6 Å². The molecule has 1 heterocycles. The molecule has 6 nitrogen and oxygen atoms in total. The van der Waals surface area contributed by atoms with E-state index < -0.39 is 24.0 Å². The van der Waals surface area contributed by atoms with Crippen molar-refractivity contribution in [3.8, 4) is 5.75 Å². The second-order valence-electron chi connectivity index (χ2n) is 5.33. The van der Waals surface area contributed by atoms with Crippen LogP contribution in [0.1, 0.15) is 20.7 Å². The third-order valence-corrected chi connectivity index (χ3v) is 3.96. The molecule has 0 saturated carbocycles. The van der Waals surface area contributed by atoms with Crippen LogP contribution < -0.4 is 10.4 Å². The number of carbonyl (C=O) groups is 2. The zero-order valence-electron chi connectivity index (χ0n) is 13.7. The fraction of sp³-hybridized carbons (Fsp3) is 0.105. The number of esters is 1. The van der Waals surface area contributed by atoms with Gasteiger partial charge in [-0.3, -0.25) is 4.79 Å². The first kappa shape index (κ1) is 17.7. The minimum Gasteiger partial charge on any atom is -0.495 e. The van der Waals surface area contributed by atoms with Gasteiger partial charge < -0.3 is 13.9 Å². The summed E-state index contributed by atoms with van der Waals surface area (Å²) in [6.07, 6.45) is 0. The van der Waals surface area contributed by atoms with Gasteiger partial charge in [-0.05, 0) is 30.3 Å². The third kappa shape index (κ3) is 3.60. The summed E-state index contributed by atoms with van der Waals surface area (Å²) >= 11 is 5.97. The Balaban J connectivity index is 1.74. The summed E-state index contributed by atoms with van der Waals surface area (Å²) in [7, 11) is 1.46. The van der Waals surface area contributed by atoms with Gasteiger partial charge in [0.2, 0.25) is 0 Å². The number of hydrogen-bond acceptors (Lipinski definition) is 6. The number of rotatable bonds is 5. The Bertz CT molecular complexity index is 1050. The lowest BCUT2D eigenvalue weighted by atomic mass is 10.1. The van der Waals surface area contributed by atoms with Crippen molar-refractivity contribution in [2.24, 2.45) is 0 Å². The van der Waals surface area contributed by atoms with E-state index in [-0.39, 0.29) is 16.1 Å². The van der Waals surface area contributed by atoms with E-state index in [1.165, 1.54) is 31.4 Å². The van der Waals surface area contributed by atoms with Gasteiger partial charge in [-0.1, -0.05) is 29.8 Å². The first-order valence-corrected chi connectivity index (χ1v) is 7.94. The Morgan fingerprint density at radius 3 is 2.62 bits per heavy atom. The molecular formula is C19H13ClO6. The van der Waals surface area contributed by atoms with Crippen LogP contribution in [0.15, 0.2) is 57.7 Å². The fourth-order valence-electron chi connectivity index (χ4n) is 2.34. The maximum absolute atomic E-state index is 12.2. The quantitative estimate of drug-likeness (QED) is 0.387. The van der Waals surface area contributed by atoms with Crippen molar-refractivity contribution < 1.29 is 23.5 Å². The van der Waals surface area contributed by atoms with E-state index >= 15 is 0 Å². The highest BCUT2D eigenvalue weighted by molar-refractivity contribution is 6.32. The molecule has 0 aliphatic rings. The van der Waals surface area contributed by atoms with Gasteiger partial charge in [0.1, 0.15) is 16.9 Å². The molecule has 7 heteroatoms. The molecule has 0 N–H and O–H groups in total. The molecule has 0 bridgehead atoms. The summed E-state index contributed by atoms with van der Waals surface area (Å²) in [5.41, 5.74) is -0.481. The Kier molecular flexibility index (Phi) is 5.04. The lowest BCUT2D eigenvalue weighted by Gasteiger charge is -2.07. The molecule has 0 radical (unpaired) electrons. The first-order chi connectivity index (χ1) is 12.5. The molecule has 0 fully saturated rings. The molecule has 132 valence electrons. The number of methoxy groups -OCH3 is 1. The van der Waals surface area contributed by atoms with Gasteiger partial charge in [0, 0.05) is 10.9 Å². The molecule has 0 saturated heterocycles. The standard InChI is InChI=1S/C19H13ClO6/c1-24-17-7-6-11(9-14(17)20)15(21)10-25-18(22)13-8-12-4-2-3-5-16(12)26-19(13)23/h2-9H,10H2,1H3. The molecule has 0 aliphatic heterocycles. The smallest absolute Gasteiger partial charge is 0.351 e. The Labute approximate surface area is 152 Å². The highest BCUT2D eigenvalue weighted by atomic mass is 35.5. The first-order valence-electron chi connectivity index (χ1n) is 7.56. The summed E-state index contributed by atoms with van der Waals surface area (Å²) in [5, 5.41) is 0.840. The van der Waals surface area contributed by atoms with E-state index in [2.05, 4.69) is 0 Å². The molecule has 26 heavy (non-hydrogen) atoms. The van der Waals surface area contributed by atoms with Gasteiger partial charge in [-0.15, -0.1) is 0 Å². The Morgan fingerprint density at radius 1 is 1.12 bits per heavy atom. The van der Waals surface area contributed by atoms with E-state index in [1.807, 2.05) is 0 Å². The van der Waals surface area contributed by atoms with E-state index in [1.54, 1.807) is 24.3 Å². The number of carbonyl (C=O) groups excluding carboxylic acids is 2. The van der Waals surface area contributed by atoms with Crippen molar-refractivity contribution in [3.63, 3.8) is 0 Å². The van der Waals surface area contributed by atoms with Crippen LogP contribution in [0.25, 0.3) is 11.0 Å². The van der Waals surface area contributed by atoms with Crippen LogP contribution >= 0.6 is 11.6 Å². The fourth-order valence-corrected chi connectivity index (χ4v) is 2.59. The number of ether oxygens (including phenoxy) is 2. The maximum atomic E-state index is 12.2. The van der Waals surface area contributed by atoms with Crippen LogP contribution in [0.4, 0.5) is 0 Å². The van der Waals surface area contributed by atoms with Gasteiger partial charge in [-0.2, -0.15) is 0 Å². The molecule has 0 amide bonds. The van der Waals surface area contributed by atoms with Gasteiger partial charge in [0.05, 0.1) is 12.1 Å². The molecule has 0 aliphatic carbocycles. The molecule has 0 unspecified atom stereocenters. The second-order valence-corrected chi connectivity index (χ2v) is 5.74. The van der Waals surface area contributed by atoms with E-state index in [4.69, 9.17) is 25.5 Å². The van der Waals surface area contributed by atoms with E-state index in [0.717, 1.165) is 0 Å². The maximum Gasteiger partial charge on any atom is 0.351 e. The largest absolute Gasteiger partial charge is 0.495 e. The van der Waals surface area contributed by atoms with Crippen LogP contribution in [0.3, 0.4) is 0 Å². The Morgan fingerprint density at radius 2 is 1.88 bits per heavy atom. The van der Waals surface area contributed by atoms with E-state index in [0.29, 0.717) is 16.7 Å². The molecule has 2 aromatic carbocycles. The predicted molar refractivity (Wildman–Crippen MR) is 95.1 cm³/mol. The number of Topliss-reactive ketones (excluding diaryl/α,β-unsaturated/α-hetero) is 1. The van der Waals surface area contributed by atoms with Crippen molar-refractivity contribution in [2.45, 2.75) is 0 Å². The highest BCUT2D eigenvalue weighted by Gasteiger charge is 2.17. The van der Waals surface area contributed by atoms with Crippen molar-refractivity contribution in [3.05, 3.63) is 75.1 Å². The molecule has 3 aromatic rings. The third-order valence-electron chi connectivity index (χ3n) is 3.67. The zero-order chi connectivity index (χ0) is 18.7. The average Bonchev–Trinajstić information content (AvgIpc) is 2.65. The van der Waals surface area contributed by atoms with Crippen LogP contribution in [-0.2, 0) is 4.74 Å². The highest BCUT2D eigenvalue weighted by Crippen LogP contribution is 2.25. The van der Waals surface area contributed by atoms with Crippen molar-refractivity contribution >= 4 is 34.3 Å². The number of para-hydroxylation sites is 1. The monoisotopic (exact) mass is 372 g/mol. The summed E-state index contributed by atoms with van der Waals surface area (Å²) in [5.74, 6) is -0.973. The van der Waals surface area contributed by atoms with Gasteiger partial charge in [0.15, 0.2) is 12.4 Å². The number of benzene rings is 2. The topological polar surface area (TPSA) is 82.8 Å².